The summed E-state index contributed by atoms with van der Waals surface area (Å²) in [5.41, 5.74) is 0.982. The van der Waals surface area contributed by atoms with Crippen LogP contribution in [0.25, 0.3) is 0 Å². The highest BCUT2D eigenvalue weighted by atomic mass is 32.1. The van der Waals surface area contributed by atoms with Gasteiger partial charge in [0.25, 0.3) is 5.91 Å². The van der Waals surface area contributed by atoms with Crippen molar-refractivity contribution in [3.05, 3.63) is 40.7 Å². The van der Waals surface area contributed by atoms with Crippen LogP contribution >= 0.6 is 11.3 Å². The summed E-state index contributed by atoms with van der Waals surface area (Å²) >= 11 is 1.12. The number of amides is 2. The maximum absolute atomic E-state index is 13.3. The van der Waals surface area contributed by atoms with Crippen LogP contribution in [0, 0.1) is 23.1 Å². The third-order valence-corrected chi connectivity index (χ3v) is 5.38. The number of piperidine rings is 1. The van der Waals surface area contributed by atoms with E-state index in [4.69, 9.17) is 0 Å². The number of hydrogen-bond acceptors (Lipinski definition) is 6. The Morgan fingerprint density at radius 2 is 2.11 bits per heavy atom. The molecule has 2 aromatic rings. The van der Waals surface area contributed by atoms with Crippen molar-refractivity contribution in [1.29, 1.82) is 5.26 Å². The van der Waals surface area contributed by atoms with Crippen LogP contribution in [0.2, 0.25) is 0 Å². The molecule has 0 spiro atoms. The number of carbonyl (C=O) groups excluding carboxylic acids is 2. The van der Waals surface area contributed by atoms with Crippen LogP contribution in [0.5, 0.6) is 0 Å². The number of anilines is 2. The monoisotopic (exact) mass is 387 g/mol. The van der Waals surface area contributed by atoms with Gasteiger partial charge in [-0.25, -0.2) is 9.37 Å². The zero-order chi connectivity index (χ0) is 19.4. The van der Waals surface area contributed by atoms with Gasteiger partial charge in [-0.05, 0) is 31.0 Å². The first-order chi connectivity index (χ1) is 13.0. The molecule has 0 saturated carbocycles. The molecule has 1 fully saturated rings. The van der Waals surface area contributed by atoms with Crippen molar-refractivity contribution in [3.63, 3.8) is 0 Å². The summed E-state index contributed by atoms with van der Waals surface area (Å²) in [5, 5.41) is 14.9. The summed E-state index contributed by atoms with van der Waals surface area (Å²) < 4.78 is 13.3. The zero-order valence-corrected chi connectivity index (χ0v) is 15.5. The molecule has 2 heterocycles. The van der Waals surface area contributed by atoms with Gasteiger partial charge in [-0.15, -0.1) is 0 Å². The number of nitriles is 1. The van der Waals surface area contributed by atoms with Crippen molar-refractivity contribution in [3.8, 4) is 6.07 Å². The van der Waals surface area contributed by atoms with Crippen LogP contribution in [0.3, 0.4) is 0 Å². The topological polar surface area (TPSA) is 98.1 Å². The van der Waals surface area contributed by atoms with Crippen LogP contribution in [0.15, 0.2) is 24.4 Å². The Kier molecular flexibility index (Phi) is 5.66. The maximum Gasteiger partial charge on any atom is 0.262 e. The Hall–Kier alpha value is -2.99. The molecular formula is C18H18FN5O2S. The van der Waals surface area contributed by atoms with E-state index < -0.39 is 5.82 Å². The minimum absolute atomic E-state index is 0.132. The fraction of sp³-hybridized carbons (Fsp3) is 0.333. The summed E-state index contributed by atoms with van der Waals surface area (Å²) in [6, 6.07) is 6.18. The highest BCUT2D eigenvalue weighted by Gasteiger charge is 2.27. The lowest BCUT2D eigenvalue weighted by atomic mass is 9.95. The van der Waals surface area contributed by atoms with Crippen LogP contribution in [0.1, 0.15) is 28.1 Å². The molecular weight excluding hydrogens is 369 g/mol. The van der Waals surface area contributed by atoms with E-state index in [2.05, 4.69) is 15.6 Å². The van der Waals surface area contributed by atoms with Crippen LogP contribution in [0.4, 0.5) is 15.2 Å². The van der Waals surface area contributed by atoms with E-state index in [9.17, 15) is 19.2 Å². The molecule has 0 atom stereocenters. The minimum atomic E-state index is -0.441. The van der Waals surface area contributed by atoms with E-state index in [1.165, 1.54) is 25.4 Å². The summed E-state index contributed by atoms with van der Waals surface area (Å²) in [7, 11) is 1.53. The molecule has 1 aromatic heterocycles. The Labute approximate surface area is 159 Å². The van der Waals surface area contributed by atoms with E-state index >= 15 is 0 Å². The van der Waals surface area contributed by atoms with Crippen molar-refractivity contribution in [1.82, 2.24) is 10.3 Å². The lowest BCUT2D eigenvalue weighted by molar-refractivity contribution is -0.120. The van der Waals surface area contributed by atoms with Crippen LogP contribution in [-0.4, -0.2) is 36.9 Å². The van der Waals surface area contributed by atoms with E-state index in [1.54, 1.807) is 6.07 Å². The van der Waals surface area contributed by atoms with Gasteiger partial charge in [0.1, 0.15) is 16.8 Å². The van der Waals surface area contributed by atoms with E-state index in [0.717, 1.165) is 11.3 Å². The largest absolute Gasteiger partial charge is 0.370 e. The molecule has 3 rings (SSSR count). The van der Waals surface area contributed by atoms with E-state index in [-0.39, 0.29) is 17.7 Å². The molecule has 2 N–H and O–H groups in total. The summed E-state index contributed by atoms with van der Waals surface area (Å²) in [6.07, 6.45) is 2.66. The molecule has 1 aromatic carbocycles. The molecule has 9 heteroatoms. The number of hydrogen-bond donors (Lipinski definition) is 2. The number of nitrogens with zero attached hydrogens (tertiary/aromatic N) is 3. The van der Waals surface area contributed by atoms with Crippen LogP contribution in [-0.2, 0) is 4.79 Å². The zero-order valence-electron chi connectivity index (χ0n) is 14.7. The first-order valence-corrected chi connectivity index (χ1v) is 9.27. The first-order valence-electron chi connectivity index (χ1n) is 8.45. The molecule has 7 nitrogen and oxygen atoms in total. The molecule has 0 bridgehead atoms. The van der Waals surface area contributed by atoms with Crippen molar-refractivity contribution >= 4 is 34.0 Å². The minimum Gasteiger partial charge on any atom is -0.370 e. The predicted octanol–water partition coefficient (Wildman–Crippen LogP) is 2.37. The molecule has 140 valence electrons. The second kappa shape index (κ2) is 8.14. The molecule has 0 unspecified atom stereocenters. The quantitative estimate of drug-likeness (QED) is 0.839. The second-order valence-electron chi connectivity index (χ2n) is 6.13. The number of carbonyl (C=O) groups is 2. The van der Waals surface area contributed by atoms with Gasteiger partial charge in [-0.3, -0.25) is 9.59 Å². The van der Waals surface area contributed by atoms with Gasteiger partial charge in [0.05, 0.1) is 17.4 Å². The molecule has 1 aliphatic rings. The molecule has 0 aliphatic carbocycles. The predicted molar refractivity (Wildman–Crippen MR) is 100 cm³/mol. The Balaban J connectivity index is 1.59. The summed E-state index contributed by atoms with van der Waals surface area (Å²) in [5.74, 6) is -0.996. The van der Waals surface area contributed by atoms with Crippen molar-refractivity contribution < 1.29 is 14.0 Å². The van der Waals surface area contributed by atoms with Crippen molar-refractivity contribution in [2.75, 3.05) is 30.4 Å². The number of benzene rings is 1. The Morgan fingerprint density at radius 3 is 2.78 bits per heavy atom. The van der Waals surface area contributed by atoms with E-state index in [0.29, 0.717) is 47.2 Å². The lowest BCUT2D eigenvalue weighted by Crippen LogP contribution is -2.38. The average Bonchev–Trinajstić information content (AvgIpc) is 3.15. The number of halogens is 1. The number of rotatable bonds is 4. The van der Waals surface area contributed by atoms with Gasteiger partial charge in [0, 0.05) is 26.1 Å². The first kappa shape index (κ1) is 18.8. The highest BCUT2D eigenvalue weighted by Crippen LogP contribution is 2.28. The Morgan fingerprint density at radius 1 is 1.37 bits per heavy atom. The van der Waals surface area contributed by atoms with E-state index in [1.807, 2.05) is 11.0 Å². The van der Waals surface area contributed by atoms with Crippen molar-refractivity contribution in [2.24, 2.45) is 5.92 Å². The van der Waals surface area contributed by atoms with Gasteiger partial charge in [-0.2, -0.15) is 5.26 Å². The van der Waals surface area contributed by atoms with Gasteiger partial charge in [-0.1, -0.05) is 11.3 Å². The number of aromatic nitrogens is 1. The maximum atomic E-state index is 13.3. The molecule has 2 amide bonds. The molecule has 1 saturated heterocycles. The summed E-state index contributed by atoms with van der Waals surface area (Å²) in [6.45, 7) is 1.19. The van der Waals surface area contributed by atoms with Gasteiger partial charge < -0.3 is 15.5 Å². The summed E-state index contributed by atoms with van der Waals surface area (Å²) in [4.78, 5) is 30.5. The number of nitrogens with one attached hydrogen (secondary N) is 2. The third kappa shape index (κ3) is 4.23. The van der Waals surface area contributed by atoms with Gasteiger partial charge in [0.2, 0.25) is 5.91 Å². The third-order valence-electron chi connectivity index (χ3n) is 4.47. The van der Waals surface area contributed by atoms with Gasteiger partial charge >= 0.3 is 0 Å². The number of thiazole rings is 1. The second-order valence-corrected chi connectivity index (χ2v) is 7.16. The highest BCUT2D eigenvalue weighted by molar-refractivity contribution is 7.17. The SMILES string of the molecule is CNC(=O)c1cnc(NC(=O)C2CCN(c3ccc(F)cc3C#N)CC2)s1. The lowest BCUT2D eigenvalue weighted by Gasteiger charge is -2.33. The normalized spacial score (nSPS) is 14.5. The van der Waals surface area contributed by atoms with Gasteiger partial charge in [0.15, 0.2) is 5.13 Å². The molecule has 1 aliphatic heterocycles. The Bertz CT molecular complexity index is 899. The average molecular weight is 387 g/mol. The standard InChI is InChI=1S/C18H18FN5O2S/c1-21-17(26)15-10-22-18(27-15)23-16(25)11-4-6-24(7-5-11)14-3-2-13(19)8-12(14)9-20/h2-3,8,10-11H,4-7H2,1H3,(H,21,26)(H,22,23,25). The molecule has 0 radical (unpaired) electrons. The van der Waals surface area contributed by atoms with Crippen molar-refractivity contribution in [2.45, 2.75) is 12.8 Å². The smallest absolute Gasteiger partial charge is 0.262 e. The van der Waals surface area contributed by atoms with Crippen LogP contribution < -0.4 is 15.5 Å². The fourth-order valence-electron chi connectivity index (χ4n) is 3.02. The fourth-order valence-corrected chi connectivity index (χ4v) is 3.79. The molecule has 27 heavy (non-hydrogen) atoms.